The molecule has 19 heavy (non-hydrogen) atoms. The van der Waals surface area contributed by atoms with Gasteiger partial charge in [0, 0.05) is 18.2 Å². The van der Waals surface area contributed by atoms with Crippen LogP contribution >= 0.6 is 0 Å². The molecule has 0 unspecified atom stereocenters. The molecule has 1 N–H and O–H groups in total. The molecule has 0 aromatic heterocycles. The summed E-state index contributed by atoms with van der Waals surface area (Å²) in [5.74, 6) is 2.78. The van der Waals surface area contributed by atoms with Gasteiger partial charge in [-0.15, -0.1) is 0 Å². The van der Waals surface area contributed by atoms with E-state index in [-0.39, 0.29) is 0 Å². The lowest BCUT2D eigenvalue weighted by Gasteiger charge is -2.15. The number of rotatable bonds is 8. The van der Waals surface area contributed by atoms with Crippen LogP contribution in [0.4, 0.5) is 0 Å². The minimum Gasteiger partial charge on any atom is -0.497 e. The van der Waals surface area contributed by atoms with E-state index in [1.54, 1.807) is 7.11 Å². The van der Waals surface area contributed by atoms with E-state index < -0.39 is 0 Å². The Balaban J connectivity index is 1.96. The fraction of sp³-hybridized carbons (Fsp3) is 0.625. The Hall–Kier alpha value is -1.22. The molecule has 0 spiro atoms. The van der Waals surface area contributed by atoms with Crippen LogP contribution in [0.5, 0.6) is 11.5 Å². The van der Waals surface area contributed by atoms with Gasteiger partial charge >= 0.3 is 0 Å². The molecule has 3 heteroatoms. The summed E-state index contributed by atoms with van der Waals surface area (Å²) in [6.07, 6.45) is 3.95. The zero-order valence-corrected chi connectivity index (χ0v) is 12.2. The monoisotopic (exact) mass is 263 g/mol. The van der Waals surface area contributed by atoms with Crippen molar-refractivity contribution >= 4 is 0 Å². The smallest absolute Gasteiger partial charge is 0.124 e. The molecule has 1 aliphatic carbocycles. The molecule has 1 aromatic rings. The summed E-state index contributed by atoms with van der Waals surface area (Å²) in [4.78, 5) is 0. The standard InChI is InChI=1S/C16H25NO2/c1-12(2)17-11-14-10-15(18-3)6-7-16(14)19-9-8-13-4-5-13/h6-7,10,12-13,17H,4-5,8-9,11H2,1-3H3. The van der Waals surface area contributed by atoms with E-state index in [9.17, 15) is 0 Å². The normalized spacial score (nSPS) is 14.7. The van der Waals surface area contributed by atoms with Gasteiger partial charge in [-0.05, 0) is 30.5 Å². The molecular weight excluding hydrogens is 238 g/mol. The van der Waals surface area contributed by atoms with Crippen LogP contribution in [0.2, 0.25) is 0 Å². The third-order valence-electron chi connectivity index (χ3n) is 3.45. The molecular formula is C16H25NO2. The van der Waals surface area contributed by atoms with Gasteiger partial charge in [0.15, 0.2) is 0 Å². The highest BCUT2D eigenvalue weighted by Crippen LogP contribution is 2.32. The van der Waals surface area contributed by atoms with Gasteiger partial charge in [-0.2, -0.15) is 0 Å². The molecule has 2 rings (SSSR count). The van der Waals surface area contributed by atoms with Gasteiger partial charge in [0.25, 0.3) is 0 Å². The van der Waals surface area contributed by atoms with E-state index in [2.05, 4.69) is 25.2 Å². The maximum absolute atomic E-state index is 5.92. The Bertz CT molecular complexity index is 400. The number of nitrogens with one attached hydrogen (secondary N) is 1. The van der Waals surface area contributed by atoms with Crippen LogP contribution in [0.15, 0.2) is 18.2 Å². The number of methoxy groups -OCH3 is 1. The fourth-order valence-corrected chi connectivity index (χ4v) is 2.02. The zero-order valence-electron chi connectivity index (χ0n) is 12.2. The Morgan fingerprint density at radius 1 is 1.32 bits per heavy atom. The van der Waals surface area contributed by atoms with Crippen molar-refractivity contribution in [3.63, 3.8) is 0 Å². The minimum atomic E-state index is 0.463. The maximum atomic E-state index is 5.92. The predicted molar refractivity (Wildman–Crippen MR) is 77.8 cm³/mol. The highest BCUT2D eigenvalue weighted by molar-refractivity contribution is 5.40. The Kier molecular flexibility index (Phi) is 5.08. The van der Waals surface area contributed by atoms with Gasteiger partial charge in [0.2, 0.25) is 0 Å². The van der Waals surface area contributed by atoms with Gasteiger partial charge in [0.05, 0.1) is 13.7 Å². The van der Waals surface area contributed by atoms with Crippen LogP contribution in [0.3, 0.4) is 0 Å². The molecule has 0 radical (unpaired) electrons. The quantitative estimate of drug-likeness (QED) is 0.780. The molecule has 1 aliphatic rings. The van der Waals surface area contributed by atoms with Gasteiger partial charge < -0.3 is 14.8 Å². The zero-order chi connectivity index (χ0) is 13.7. The molecule has 0 heterocycles. The van der Waals surface area contributed by atoms with Crippen molar-refractivity contribution in [3.8, 4) is 11.5 Å². The van der Waals surface area contributed by atoms with Crippen LogP contribution < -0.4 is 14.8 Å². The molecule has 1 fully saturated rings. The lowest BCUT2D eigenvalue weighted by molar-refractivity contribution is 0.297. The number of benzene rings is 1. The van der Waals surface area contributed by atoms with Crippen molar-refractivity contribution in [1.29, 1.82) is 0 Å². The number of hydrogen-bond donors (Lipinski definition) is 1. The van der Waals surface area contributed by atoms with Gasteiger partial charge in [-0.3, -0.25) is 0 Å². The number of ether oxygens (including phenoxy) is 2. The van der Waals surface area contributed by atoms with E-state index in [0.717, 1.165) is 30.6 Å². The highest BCUT2D eigenvalue weighted by atomic mass is 16.5. The molecule has 0 saturated heterocycles. The van der Waals surface area contributed by atoms with Crippen LogP contribution in [-0.4, -0.2) is 19.8 Å². The van der Waals surface area contributed by atoms with Crippen LogP contribution in [0, 0.1) is 5.92 Å². The number of hydrogen-bond acceptors (Lipinski definition) is 3. The van der Waals surface area contributed by atoms with Crippen LogP contribution in [0.25, 0.3) is 0 Å². The van der Waals surface area contributed by atoms with Crippen molar-refractivity contribution in [3.05, 3.63) is 23.8 Å². The second-order valence-electron chi connectivity index (χ2n) is 5.59. The average molecular weight is 263 g/mol. The third kappa shape index (κ3) is 4.75. The topological polar surface area (TPSA) is 30.5 Å². The van der Waals surface area contributed by atoms with Crippen molar-refractivity contribution in [2.75, 3.05) is 13.7 Å². The summed E-state index contributed by atoms with van der Waals surface area (Å²) in [6, 6.07) is 6.50. The third-order valence-corrected chi connectivity index (χ3v) is 3.45. The molecule has 106 valence electrons. The van der Waals surface area contributed by atoms with Gasteiger partial charge in [-0.25, -0.2) is 0 Å². The summed E-state index contributed by atoms with van der Waals surface area (Å²) >= 11 is 0. The van der Waals surface area contributed by atoms with Crippen LogP contribution in [0.1, 0.15) is 38.7 Å². The lowest BCUT2D eigenvalue weighted by atomic mass is 10.1. The second-order valence-corrected chi connectivity index (χ2v) is 5.59. The Morgan fingerprint density at radius 3 is 2.74 bits per heavy atom. The molecule has 3 nitrogen and oxygen atoms in total. The molecule has 0 bridgehead atoms. The van der Waals surface area contributed by atoms with E-state index >= 15 is 0 Å². The lowest BCUT2D eigenvalue weighted by Crippen LogP contribution is -2.22. The van der Waals surface area contributed by atoms with Gasteiger partial charge in [0.1, 0.15) is 11.5 Å². The fourth-order valence-electron chi connectivity index (χ4n) is 2.02. The molecule has 0 atom stereocenters. The largest absolute Gasteiger partial charge is 0.497 e. The first-order valence-corrected chi connectivity index (χ1v) is 7.22. The molecule has 0 aliphatic heterocycles. The van der Waals surface area contributed by atoms with E-state index in [1.165, 1.54) is 24.8 Å². The predicted octanol–water partition coefficient (Wildman–Crippen LogP) is 3.37. The van der Waals surface area contributed by atoms with Crippen LogP contribution in [-0.2, 0) is 6.54 Å². The first-order valence-electron chi connectivity index (χ1n) is 7.22. The van der Waals surface area contributed by atoms with Crippen molar-refractivity contribution in [2.45, 2.75) is 45.7 Å². The Morgan fingerprint density at radius 2 is 2.11 bits per heavy atom. The minimum absolute atomic E-state index is 0.463. The summed E-state index contributed by atoms with van der Waals surface area (Å²) in [6.45, 7) is 5.93. The summed E-state index contributed by atoms with van der Waals surface area (Å²) in [5, 5.41) is 3.43. The highest BCUT2D eigenvalue weighted by Gasteiger charge is 2.20. The molecule has 0 amide bonds. The first kappa shape index (κ1) is 14.2. The van der Waals surface area contributed by atoms with E-state index in [0.29, 0.717) is 6.04 Å². The summed E-state index contributed by atoms with van der Waals surface area (Å²) in [7, 11) is 1.70. The Labute approximate surface area is 116 Å². The molecule has 1 aromatic carbocycles. The maximum Gasteiger partial charge on any atom is 0.124 e. The van der Waals surface area contributed by atoms with Gasteiger partial charge in [-0.1, -0.05) is 26.7 Å². The SMILES string of the molecule is COc1ccc(OCCC2CC2)c(CNC(C)C)c1. The average Bonchev–Trinajstić information content (AvgIpc) is 3.21. The summed E-state index contributed by atoms with van der Waals surface area (Å²) < 4.78 is 11.2. The summed E-state index contributed by atoms with van der Waals surface area (Å²) in [5.41, 5.74) is 1.17. The molecule has 1 saturated carbocycles. The van der Waals surface area contributed by atoms with Crippen molar-refractivity contribution in [1.82, 2.24) is 5.32 Å². The van der Waals surface area contributed by atoms with Crippen molar-refractivity contribution < 1.29 is 9.47 Å². The first-order chi connectivity index (χ1) is 9.19. The van der Waals surface area contributed by atoms with E-state index in [4.69, 9.17) is 9.47 Å². The van der Waals surface area contributed by atoms with E-state index in [1.807, 2.05) is 12.1 Å². The second kappa shape index (κ2) is 6.80. The van der Waals surface area contributed by atoms with Crippen molar-refractivity contribution in [2.24, 2.45) is 5.92 Å².